The van der Waals surface area contributed by atoms with E-state index in [4.69, 9.17) is 0 Å². The number of rotatable bonds is 7. The third kappa shape index (κ3) is 5.39. The normalized spacial score (nSPS) is 16.8. The first-order valence-electron chi connectivity index (χ1n) is 17.0. The van der Waals surface area contributed by atoms with E-state index in [2.05, 4.69) is 143 Å². The number of nitro groups is 1. The van der Waals surface area contributed by atoms with Crippen LogP contribution in [0.15, 0.2) is 158 Å². The fraction of sp³-hybridized carbons (Fsp3) is 0.178. The number of nitro benzene ring substituents is 1. The van der Waals surface area contributed by atoms with Crippen molar-refractivity contribution in [1.29, 1.82) is 0 Å². The van der Waals surface area contributed by atoms with Crippen LogP contribution in [-0.2, 0) is 10.8 Å². The number of anilines is 1. The third-order valence-corrected chi connectivity index (χ3v) is 10.5. The molecule has 1 amide bonds. The smallest absolute Gasteiger partial charge is 0.269 e. The number of hydrogen-bond acceptors (Lipinski definition) is 3. The molecule has 0 bridgehead atoms. The number of carbonyl (C=O) groups is 1. The minimum absolute atomic E-state index is 0.0487. The predicted octanol–water partition coefficient (Wildman–Crippen LogP) is 10.4. The second-order valence-corrected chi connectivity index (χ2v) is 14.2. The van der Waals surface area contributed by atoms with Crippen LogP contribution in [0.4, 0.5) is 11.4 Å². The van der Waals surface area contributed by atoms with E-state index in [0.29, 0.717) is 12.0 Å². The maximum absolute atomic E-state index is 14.8. The van der Waals surface area contributed by atoms with Gasteiger partial charge in [0.2, 0.25) is 0 Å². The van der Waals surface area contributed by atoms with Gasteiger partial charge in [0, 0.05) is 34.3 Å². The van der Waals surface area contributed by atoms with Gasteiger partial charge in [0.1, 0.15) is 0 Å². The Hall–Kier alpha value is -5.81. The molecule has 0 saturated carbocycles. The number of hydrogen-bond donors (Lipinski definition) is 0. The lowest BCUT2D eigenvalue weighted by Gasteiger charge is -2.52. The highest BCUT2D eigenvalue weighted by atomic mass is 16.6. The van der Waals surface area contributed by atoms with Crippen molar-refractivity contribution in [3.63, 3.8) is 0 Å². The highest BCUT2D eigenvalue weighted by molar-refractivity contribution is 6.08. The Morgan fingerprint density at radius 2 is 1.16 bits per heavy atom. The molecule has 7 rings (SSSR count). The number of nitrogens with zero attached hydrogens (tertiary/aromatic N) is 2. The van der Waals surface area contributed by atoms with E-state index in [1.54, 1.807) is 12.1 Å². The van der Waals surface area contributed by atoms with Crippen molar-refractivity contribution in [2.24, 2.45) is 0 Å². The Labute approximate surface area is 294 Å². The Kier molecular flexibility index (Phi) is 8.23. The average molecular weight is 657 g/mol. The zero-order valence-electron chi connectivity index (χ0n) is 28.8. The first-order chi connectivity index (χ1) is 24.1. The maximum Gasteiger partial charge on any atom is 0.269 e. The number of carbonyl (C=O) groups excluding carboxylic acids is 1. The largest absolute Gasteiger partial charge is 0.302 e. The van der Waals surface area contributed by atoms with Gasteiger partial charge >= 0.3 is 0 Å². The van der Waals surface area contributed by atoms with Gasteiger partial charge in [-0.25, -0.2) is 0 Å². The molecule has 248 valence electrons. The van der Waals surface area contributed by atoms with Gasteiger partial charge in [0.15, 0.2) is 0 Å². The molecule has 6 aromatic rings. The highest BCUT2D eigenvalue weighted by Crippen LogP contribution is 2.54. The van der Waals surface area contributed by atoms with Gasteiger partial charge in [-0.1, -0.05) is 140 Å². The lowest BCUT2D eigenvalue weighted by atomic mass is 9.62. The molecular formula is C45H40N2O3. The van der Waals surface area contributed by atoms with Gasteiger partial charge in [-0.05, 0) is 78.8 Å². The zero-order chi connectivity index (χ0) is 35.1. The van der Waals surface area contributed by atoms with E-state index < -0.39 is 21.3 Å². The molecular weight excluding hydrogens is 617 g/mol. The minimum Gasteiger partial charge on any atom is -0.302 e. The van der Waals surface area contributed by atoms with E-state index in [1.165, 1.54) is 23.3 Å². The molecule has 50 heavy (non-hydrogen) atoms. The van der Waals surface area contributed by atoms with Crippen LogP contribution in [0.5, 0.6) is 0 Å². The van der Waals surface area contributed by atoms with Gasteiger partial charge in [-0.15, -0.1) is 0 Å². The number of amides is 1. The van der Waals surface area contributed by atoms with Crippen LogP contribution >= 0.6 is 0 Å². The molecule has 0 radical (unpaired) electrons. The van der Waals surface area contributed by atoms with Gasteiger partial charge in [0.25, 0.3) is 11.6 Å². The molecule has 6 aromatic carbocycles. The van der Waals surface area contributed by atoms with Gasteiger partial charge in [-0.2, -0.15) is 0 Å². The van der Waals surface area contributed by atoms with Crippen molar-refractivity contribution < 1.29 is 9.72 Å². The van der Waals surface area contributed by atoms with Crippen LogP contribution in [0, 0.1) is 17.0 Å². The molecule has 0 fully saturated rings. The number of fused-ring (bicyclic) bond motifs is 1. The summed E-state index contributed by atoms with van der Waals surface area (Å²) in [6.45, 7) is 8.62. The molecule has 5 nitrogen and oxygen atoms in total. The summed E-state index contributed by atoms with van der Waals surface area (Å²) in [5, 5.41) is 11.5. The molecule has 0 aliphatic carbocycles. The molecule has 0 spiro atoms. The molecule has 5 heteroatoms. The van der Waals surface area contributed by atoms with Crippen LogP contribution in [-0.4, -0.2) is 16.4 Å². The van der Waals surface area contributed by atoms with Crippen molar-refractivity contribution in [2.45, 2.75) is 50.5 Å². The summed E-state index contributed by atoms with van der Waals surface area (Å²) in [4.78, 5) is 27.7. The lowest BCUT2D eigenvalue weighted by molar-refractivity contribution is -0.384. The summed E-state index contributed by atoms with van der Waals surface area (Å²) in [6.07, 6.45) is 0.676. The van der Waals surface area contributed by atoms with Crippen LogP contribution < -0.4 is 4.90 Å². The van der Waals surface area contributed by atoms with Gasteiger partial charge in [-0.3, -0.25) is 14.9 Å². The summed E-state index contributed by atoms with van der Waals surface area (Å²) < 4.78 is 0. The summed E-state index contributed by atoms with van der Waals surface area (Å²) in [5.41, 5.74) is 7.25. The SMILES string of the molecule is Cc1ccc([C@]2(C)CC(C)(C)N(C(=O)c3ccc([N+](=O)[O-])cc3)c3cc(C(c4ccccc4)(c4ccccc4)c4ccccc4)ccc32)cc1. The summed E-state index contributed by atoms with van der Waals surface area (Å²) in [5.74, 6) is -0.195. The van der Waals surface area contributed by atoms with E-state index in [9.17, 15) is 14.9 Å². The quantitative estimate of drug-likeness (QED) is 0.0976. The average Bonchev–Trinajstić information content (AvgIpc) is 3.13. The van der Waals surface area contributed by atoms with Crippen LogP contribution in [0.25, 0.3) is 0 Å². The summed E-state index contributed by atoms with van der Waals surface area (Å²) in [7, 11) is 0. The number of aryl methyl sites for hydroxylation is 1. The van der Waals surface area contributed by atoms with Crippen LogP contribution in [0.3, 0.4) is 0 Å². The Bertz CT molecular complexity index is 2060. The van der Waals surface area contributed by atoms with Crippen molar-refractivity contribution in [3.8, 4) is 0 Å². The summed E-state index contributed by atoms with van der Waals surface area (Å²) >= 11 is 0. The van der Waals surface area contributed by atoms with Crippen molar-refractivity contribution in [3.05, 3.63) is 212 Å². The molecule has 1 aliphatic rings. The molecule has 1 heterocycles. The van der Waals surface area contributed by atoms with Crippen LogP contribution in [0.1, 0.15) is 76.5 Å². The Balaban J connectivity index is 1.54. The van der Waals surface area contributed by atoms with Crippen molar-refractivity contribution in [1.82, 2.24) is 0 Å². The monoisotopic (exact) mass is 656 g/mol. The van der Waals surface area contributed by atoms with Crippen molar-refractivity contribution in [2.75, 3.05) is 4.90 Å². The molecule has 1 atom stereocenters. The molecule has 0 unspecified atom stereocenters. The van der Waals surface area contributed by atoms with E-state index >= 15 is 0 Å². The third-order valence-electron chi connectivity index (χ3n) is 10.5. The topological polar surface area (TPSA) is 63.5 Å². The van der Waals surface area contributed by atoms with E-state index in [-0.39, 0.29) is 11.6 Å². The minimum atomic E-state index is -0.706. The van der Waals surface area contributed by atoms with E-state index in [1.807, 2.05) is 23.1 Å². The zero-order valence-corrected chi connectivity index (χ0v) is 28.8. The van der Waals surface area contributed by atoms with Crippen molar-refractivity contribution >= 4 is 17.3 Å². The first-order valence-corrected chi connectivity index (χ1v) is 17.0. The maximum atomic E-state index is 14.8. The molecule has 0 saturated heterocycles. The van der Waals surface area contributed by atoms with Gasteiger partial charge < -0.3 is 4.90 Å². The Morgan fingerprint density at radius 1 is 0.660 bits per heavy atom. The second-order valence-electron chi connectivity index (χ2n) is 14.2. The molecule has 1 aliphatic heterocycles. The highest BCUT2D eigenvalue weighted by Gasteiger charge is 2.49. The number of benzene rings is 6. The number of non-ortho nitro benzene ring substituents is 1. The van der Waals surface area contributed by atoms with Crippen LogP contribution in [0.2, 0.25) is 0 Å². The van der Waals surface area contributed by atoms with Gasteiger partial charge in [0.05, 0.1) is 10.3 Å². The molecule has 0 N–H and O–H groups in total. The Morgan fingerprint density at radius 3 is 1.64 bits per heavy atom. The first kappa shape index (κ1) is 32.7. The fourth-order valence-electron chi connectivity index (χ4n) is 8.26. The predicted molar refractivity (Wildman–Crippen MR) is 201 cm³/mol. The standard InChI is InChI=1S/C45H40N2O3/c1-32-20-24-34(25-21-32)44(4)31-43(2,3)46(42(48)33-22-27-39(28-23-33)47(49)50)41-30-38(26-29-40(41)44)45(35-14-8-5-9-15-35,36-16-10-6-11-17-36)37-18-12-7-13-19-37/h5-30H,31H2,1-4H3/t44-/m0/s1. The fourth-order valence-corrected chi connectivity index (χ4v) is 8.26. The second kappa shape index (κ2) is 12.6. The lowest BCUT2D eigenvalue weighted by Crippen LogP contribution is -2.56. The molecule has 0 aromatic heterocycles. The summed E-state index contributed by atoms with van der Waals surface area (Å²) in [6, 6.07) is 53.0. The van der Waals surface area contributed by atoms with E-state index in [0.717, 1.165) is 33.5 Å².